The van der Waals surface area contributed by atoms with E-state index >= 15 is 0 Å². The number of hydrogen-bond donors (Lipinski definition) is 1. The molecule has 5 rings (SSSR count). The molecule has 1 fully saturated rings. The fourth-order valence-electron chi connectivity index (χ4n) is 4.66. The summed E-state index contributed by atoms with van der Waals surface area (Å²) in [6.45, 7) is 5.09. The second kappa shape index (κ2) is 9.34. The van der Waals surface area contributed by atoms with Gasteiger partial charge in [0.25, 0.3) is 0 Å². The van der Waals surface area contributed by atoms with Crippen molar-refractivity contribution in [1.29, 1.82) is 0 Å². The number of aromatic nitrogens is 3. The van der Waals surface area contributed by atoms with Crippen molar-refractivity contribution >= 4 is 33.9 Å². The number of carbonyl (C=O) groups is 1. The van der Waals surface area contributed by atoms with Crippen molar-refractivity contribution in [2.75, 3.05) is 36.4 Å². The van der Waals surface area contributed by atoms with Crippen LogP contribution in [0.5, 0.6) is 0 Å². The summed E-state index contributed by atoms with van der Waals surface area (Å²) in [6.07, 6.45) is 4.12. The third-order valence-corrected chi connectivity index (χ3v) is 7.06. The highest BCUT2D eigenvalue weighted by Crippen LogP contribution is 2.30. The van der Waals surface area contributed by atoms with Gasteiger partial charge in [0, 0.05) is 23.8 Å². The maximum Gasteiger partial charge on any atom is 0.241 e. The Morgan fingerprint density at radius 3 is 2.75 bits per heavy atom. The Hall–Kier alpha value is -2.84. The quantitative estimate of drug-likeness (QED) is 0.632. The van der Waals surface area contributed by atoms with Crippen molar-refractivity contribution in [3.8, 4) is 0 Å². The van der Waals surface area contributed by atoms with Gasteiger partial charge in [0.15, 0.2) is 0 Å². The molecular weight excluding hydrogens is 420 g/mol. The average molecular weight is 449 g/mol. The van der Waals surface area contributed by atoms with E-state index in [1.54, 1.807) is 0 Å². The zero-order chi connectivity index (χ0) is 21.9. The van der Waals surface area contributed by atoms with Crippen molar-refractivity contribution in [3.05, 3.63) is 58.7 Å². The number of para-hydroxylation sites is 1. The van der Waals surface area contributed by atoms with Crippen LogP contribution in [0.25, 0.3) is 0 Å². The molecule has 0 bridgehead atoms. The summed E-state index contributed by atoms with van der Waals surface area (Å²) in [5.74, 6) is 1.43. The average Bonchev–Trinajstić information content (AvgIpc) is 3.23. The molecule has 0 atom stereocenters. The van der Waals surface area contributed by atoms with Crippen LogP contribution < -0.4 is 10.2 Å². The van der Waals surface area contributed by atoms with Gasteiger partial charge < -0.3 is 10.2 Å². The standard InChI is InChI=1S/C24H28N6OS/c1-17-27-28-24(32-17)26-22-10-4-8-20(25-22)18-11-14-29(15-12-18)16-23(31)30-13-5-7-19-6-2-3-9-21(19)30/h2-4,6,8-10,18H,5,7,11-16H2,1H3,(H,25,26,28). The molecule has 1 saturated heterocycles. The maximum absolute atomic E-state index is 13.1. The number of carbonyl (C=O) groups excluding carboxylic acids is 1. The van der Waals surface area contributed by atoms with Crippen LogP contribution in [-0.4, -0.2) is 52.2 Å². The summed E-state index contributed by atoms with van der Waals surface area (Å²) in [7, 11) is 0. The Labute approximate surface area is 192 Å². The molecule has 2 aliphatic heterocycles. The first-order chi connectivity index (χ1) is 15.7. The number of piperidine rings is 1. The van der Waals surface area contributed by atoms with Crippen LogP contribution in [0.2, 0.25) is 0 Å². The Bertz CT molecular complexity index is 1090. The van der Waals surface area contributed by atoms with Crippen LogP contribution in [0, 0.1) is 6.92 Å². The van der Waals surface area contributed by atoms with Gasteiger partial charge in [-0.25, -0.2) is 4.98 Å². The Kier molecular flexibility index (Phi) is 6.14. The molecule has 1 amide bonds. The highest BCUT2D eigenvalue weighted by Gasteiger charge is 2.27. The number of aryl methyl sites for hydroxylation is 2. The van der Waals surface area contributed by atoms with Crippen molar-refractivity contribution in [2.24, 2.45) is 0 Å². The Morgan fingerprint density at radius 1 is 1.09 bits per heavy atom. The predicted octanol–water partition coefficient (Wildman–Crippen LogP) is 4.14. The van der Waals surface area contributed by atoms with Gasteiger partial charge in [-0.3, -0.25) is 9.69 Å². The van der Waals surface area contributed by atoms with Crippen LogP contribution in [-0.2, 0) is 11.2 Å². The Morgan fingerprint density at radius 2 is 1.94 bits per heavy atom. The van der Waals surface area contributed by atoms with E-state index in [-0.39, 0.29) is 5.91 Å². The number of pyridine rings is 1. The number of fused-ring (bicyclic) bond motifs is 1. The number of hydrogen-bond acceptors (Lipinski definition) is 7. The molecule has 0 unspecified atom stereocenters. The summed E-state index contributed by atoms with van der Waals surface area (Å²) in [5, 5.41) is 13.1. The van der Waals surface area contributed by atoms with E-state index in [0.29, 0.717) is 12.5 Å². The van der Waals surface area contributed by atoms with Gasteiger partial charge in [0.1, 0.15) is 10.8 Å². The normalized spacial score (nSPS) is 17.2. The zero-order valence-corrected chi connectivity index (χ0v) is 19.1. The van der Waals surface area contributed by atoms with E-state index in [2.05, 4.69) is 44.7 Å². The second-order valence-electron chi connectivity index (χ2n) is 8.53. The number of benzene rings is 1. The molecule has 0 radical (unpaired) electrons. The largest absolute Gasteiger partial charge is 0.315 e. The van der Waals surface area contributed by atoms with E-state index in [1.807, 2.05) is 30.0 Å². The fraction of sp³-hybridized carbons (Fsp3) is 0.417. The molecule has 1 aromatic carbocycles. The number of rotatable bonds is 5. The van der Waals surface area contributed by atoms with E-state index in [1.165, 1.54) is 16.9 Å². The first kappa shape index (κ1) is 21.0. The lowest BCUT2D eigenvalue weighted by Crippen LogP contribution is -2.45. The molecule has 166 valence electrons. The maximum atomic E-state index is 13.1. The predicted molar refractivity (Wildman–Crippen MR) is 128 cm³/mol. The summed E-state index contributed by atoms with van der Waals surface area (Å²) < 4.78 is 0. The van der Waals surface area contributed by atoms with Gasteiger partial charge in [-0.2, -0.15) is 0 Å². The lowest BCUT2D eigenvalue weighted by Gasteiger charge is -2.34. The first-order valence-corrected chi connectivity index (χ1v) is 12.1. The molecule has 0 spiro atoms. The molecule has 3 aromatic rings. The monoisotopic (exact) mass is 448 g/mol. The molecule has 8 heteroatoms. The van der Waals surface area contributed by atoms with Crippen LogP contribution >= 0.6 is 11.3 Å². The van der Waals surface area contributed by atoms with Crippen LogP contribution in [0.3, 0.4) is 0 Å². The summed E-state index contributed by atoms with van der Waals surface area (Å²) in [6, 6.07) is 14.4. The lowest BCUT2D eigenvalue weighted by atomic mass is 9.93. The van der Waals surface area contributed by atoms with Gasteiger partial charge in [0.2, 0.25) is 11.0 Å². The highest BCUT2D eigenvalue weighted by molar-refractivity contribution is 7.15. The minimum Gasteiger partial charge on any atom is -0.315 e. The van der Waals surface area contributed by atoms with Crippen molar-refractivity contribution in [3.63, 3.8) is 0 Å². The van der Waals surface area contributed by atoms with E-state index in [0.717, 1.165) is 72.7 Å². The molecule has 0 saturated carbocycles. The minimum atomic E-state index is 0.215. The number of likely N-dealkylation sites (tertiary alicyclic amines) is 1. The number of amides is 1. The molecule has 1 N–H and O–H groups in total. The molecule has 32 heavy (non-hydrogen) atoms. The minimum absolute atomic E-state index is 0.215. The first-order valence-electron chi connectivity index (χ1n) is 11.3. The number of nitrogens with one attached hydrogen (secondary N) is 1. The van der Waals surface area contributed by atoms with Crippen LogP contribution in [0.1, 0.15) is 41.4 Å². The summed E-state index contributed by atoms with van der Waals surface area (Å²) >= 11 is 1.52. The van der Waals surface area contributed by atoms with Gasteiger partial charge in [-0.15, -0.1) is 10.2 Å². The van der Waals surface area contributed by atoms with Gasteiger partial charge in [-0.1, -0.05) is 35.6 Å². The topological polar surface area (TPSA) is 74.2 Å². The van der Waals surface area contributed by atoms with Crippen LogP contribution in [0.4, 0.5) is 16.6 Å². The van der Waals surface area contributed by atoms with Gasteiger partial charge in [0.05, 0.1) is 6.54 Å². The second-order valence-corrected chi connectivity index (χ2v) is 9.71. The third kappa shape index (κ3) is 4.66. The molecule has 4 heterocycles. The lowest BCUT2D eigenvalue weighted by molar-refractivity contribution is -0.120. The number of nitrogens with zero attached hydrogens (tertiary/aromatic N) is 5. The van der Waals surface area contributed by atoms with E-state index in [9.17, 15) is 4.79 Å². The van der Waals surface area contributed by atoms with Gasteiger partial charge >= 0.3 is 0 Å². The molecular formula is C24H28N6OS. The SMILES string of the molecule is Cc1nnc(Nc2cccc(C3CCN(CC(=O)N4CCCc5ccccc54)CC3)n2)s1. The summed E-state index contributed by atoms with van der Waals surface area (Å²) in [5.41, 5.74) is 3.49. The molecule has 2 aliphatic rings. The van der Waals surface area contributed by atoms with Crippen molar-refractivity contribution < 1.29 is 4.79 Å². The van der Waals surface area contributed by atoms with Crippen molar-refractivity contribution in [1.82, 2.24) is 20.1 Å². The third-order valence-electron chi connectivity index (χ3n) is 6.31. The zero-order valence-electron chi connectivity index (χ0n) is 18.3. The smallest absolute Gasteiger partial charge is 0.241 e. The molecule has 0 aliphatic carbocycles. The number of anilines is 3. The molecule has 2 aromatic heterocycles. The molecule has 7 nitrogen and oxygen atoms in total. The van der Waals surface area contributed by atoms with E-state index < -0.39 is 0 Å². The van der Waals surface area contributed by atoms with Gasteiger partial charge in [-0.05, 0) is 69.5 Å². The Balaban J connectivity index is 1.17. The summed E-state index contributed by atoms with van der Waals surface area (Å²) in [4.78, 5) is 22.2. The highest BCUT2D eigenvalue weighted by atomic mass is 32.1. The van der Waals surface area contributed by atoms with E-state index in [4.69, 9.17) is 4.98 Å². The van der Waals surface area contributed by atoms with Crippen LogP contribution in [0.15, 0.2) is 42.5 Å². The fourth-order valence-corrected chi connectivity index (χ4v) is 5.26. The van der Waals surface area contributed by atoms with Crippen molar-refractivity contribution in [2.45, 2.75) is 38.5 Å².